The zero-order chi connectivity index (χ0) is 15.6. The summed E-state index contributed by atoms with van der Waals surface area (Å²) in [4.78, 5) is 4.74. The van der Waals surface area contributed by atoms with Crippen LogP contribution in [0.3, 0.4) is 0 Å². The van der Waals surface area contributed by atoms with Crippen molar-refractivity contribution in [3.8, 4) is 5.82 Å². The van der Waals surface area contributed by atoms with E-state index in [1.165, 1.54) is 11.1 Å². The Hall–Kier alpha value is -1.20. The smallest absolute Gasteiger partial charge is 0.158 e. The molecule has 0 saturated heterocycles. The summed E-state index contributed by atoms with van der Waals surface area (Å²) < 4.78 is 3.00. The minimum absolute atomic E-state index is 0.818. The van der Waals surface area contributed by atoms with Crippen LogP contribution in [0.5, 0.6) is 0 Å². The molecule has 0 fully saturated rings. The minimum Gasteiger partial charge on any atom is -0.313 e. The summed E-state index contributed by atoms with van der Waals surface area (Å²) in [5, 5.41) is 8.10. The number of hydrogen-bond donors (Lipinski definition) is 1. The van der Waals surface area contributed by atoms with Crippen LogP contribution in [0.25, 0.3) is 5.82 Å². The fourth-order valence-electron chi connectivity index (χ4n) is 2.46. The second-order valence-electron chi connectivity index (χ2n) is 5.46. The lowest BCUT2D eigenvalue weighted by Crippen LogP contribution is -2.18. The largest absolute Gasteiger partial charge is 0.313 e. The van der Waals surface area contributed by atoms with Crippen molar-refractivity contribution >= 4 is 15.9 Å². The molecule has 2 aromatic rings. The van der Waals surface area contributed by atoms with Gasteiger partial charge in [0.1, 0.15) is 0 Å². The Kier molecular flexibility index (Phi) is 5.17. The van der Waals surface area contributed by atoms with Crippen molar-refractivity contribution < 1.29 is 0 Å². The molecule has 2 aromatic heterocycles. The summed E-state index contributed by atoms with van der Waals surface area (Å²) in [6.07, 6.45) is 1.12. The first-order valence-corrected chi connectivity index (χ1v) is 8.15. The third-order valence-corrected chi connectivity index (χ3v) is 4.73. The predicted octanol–water partition coefficient (Wildman–Crippen LogP) is 3.76. The van der Waals surface area contributed by atoms with Gasteiger partial charge < -0.3 is 5.32 Å². The van der Waals surface area contributed by atoms with Gasteiger partial charge in [0.05, 0.1) is 15.9 Å². The Balaban J connectivity index is 2.52. The van der Waals surface area contributed by atoms with Gasteiger partial charge in [-0.2, -0.15) is 5.10 Å². The molecule has 0 aliphatic heterocycles. The molecule has 0 unspecified atom stereocenters. The number of aromatic nitrogens is 3. The molecule has 0 saturated carbocycles. The number of nitrogens with one attached hydrogen (secondary N) is 1. The number of aryl methyl sites for hydroxylation is 3. The standard InChI is InChI=1S/C16H23BrN4/c1-6-7-18-9-14-10(2)8-11(3)19-16(14)21-13(5)15(17)12(4)20-21/h8,18H,6-7,9H2,1-5H3. The van der Waals surface area contributed by atoms with Gasteiger partial charge >= 0.3 is 0 Å². The summed E-state index contributed by atoms with van der Waals surface area (Å²) in [6.45, 7) is 12.2. The van der Waals surface area contributed by atoms with Crippen molar-refractivity contribution in [1.29, 1.82) is 0 Å². The summed E-state index contributed by atoms with van der Waals surface area (Å²) in [7, 11) is 0. The average Bonchev–Trinajstić information content (AvgIpc) is 2.68. The van der Waals surface area contributed by atoms with Crippen LogP contribution in [0.1, 0.15) is 41.6 Å². The Morgan fingerprint density at radius 2 is 1.95 bits per heavy atom. The molecule has 1 N–H and O–H groups in total. The molecular weight excluding hydrogens is 328 g/mol. The summed E-state index contributed by atoms with van der Waals surface area (Å²) in [5.41, 5.74) is 5.56. The van der Waals surface area contributed by atoms with E-state index in [4.69, 9.17) is 4.98 Å². The van der Waals surface area contributed by atoms with Crippen LogP contribution in [0.4, 0.5) is 0 Å². The lowest BCUT2D eigenvalue weighted by atomic mass is 10.1. The van der Waals surface area contributed by atoms with Crippen molar-refractivity contribution in [3.05, 3.63) is 38.7 Å². The molecule has 0 bridgehead atoms. The van der Waals surface area contributed by atoms with Gasteiger partial charge in [0, 0.05) is 17.8 Å². The van der Waals surface area contributed by atoms with E-state index in [1.54, 1.807) is 0 Å². The van der Waals surface area contributed by atoms with Crippen molar-refractivity contribution in [2.24, 2.45) is 0 Å². The molecular formula is C16H23BrN4. The highest BCUT2D eigenvalue weighted by molar-refractivity contribution is 9.10. The number of halogens is 1. The van der Waals surface area contributed by atoms with E-state index >= 15 is 0 Å². The molecule has 21 heavy (non-hydrogen) atoms. The lowest BCUT2D eigenvalue weighted by molar-refractivity contribution is 0.661. The van der Waals surface area contributed by atoms with Crippen molar-refractivity contribution in [2.45, 2.75) is 47.6 Å². The Bertz CT molecular complexity index is 646. The molecule has 4 nitrogen and oxygen atoms in total. The van der Waals surface area contributed by atoms with Gasteiger partial charge in [0.2, 0.25) is 0 Å². The first-order valence-electron chi connectivity index (χ1n) is 7.35. The highest BCUT2D eigenvalue weighted by Gasteiger charge is 2.16. The molecule has 0 aliphatic carbocycles. The molecule has 2 rings (SSSR count). The molecule has 0 amide bonds. The van der Waals surface area contributed by atoms with E-state index in [-0.39, 0.29) is 0 Å². The quantitative estimate of drug-likeness (QED) is 0.834. The second-order valence-corrected chi connectivity index (χ2v) is 6.25. The zero-order valence-corrected chi connectivity index (χ0v) is 15.0. The maximum absolute atomic E-state index is 4.74. The van der Waals surface area contributed by atoms with Gasteiger partial charge in [-0.05, 0) is 68.2 Å². The normalized spacial score (nSPS) is 11.1. The number of nitrogens with zero attached hydrogens (tertiary/aromatic N) is 3. The molecule has 0 radical (unpaired) electrons. The van der Waals surface area contributed by atoms with Gasteiger partial charge in [0.15, 0.2) is 5.82 Å². The average molecular weight is 351 g/mol. The molecule has 0 aromatic carbocycles. The van der Waals surface area contributed by atoms with Crippen LogP contribution >= 0.6 is 15.9 Å². The highest BCUT2D eigenvalue weighted by Crippen LogP contribution is 2.25. The van der Waals surface area contributed by atoms with Crippen molar-refractivity contribution in [1.82, 2.24) is 20.1 Å². The fourth-order valence-corrected chi connectivity index (χ4v) is 2.70. The van der Waals surface area contributed by atoms with Gasteiger partial charge in [-0.1, -0.05) is 6.92 Å². The number of pyridine rings is 1. The maximum atomic E-state index is 4.74. The molecule has 114 valence electrons. The van der Waals surface area contributed by atoms with Crippen molar-refractivity contribution in [2.75, 3.05) is 6.54 Å². The van der Waals surface area contributed by atoms with E-state index in [1.807, 2.05) is 18.5 Å². The molecule has 2 heterocycles. The summed E-state index contributed by atoms with van der Waals surface area (Å²) in [6, 6.07) is 2.13. The van der Waals surface area contributed by atoms with Crippen LogP contribution in [0.2, 0.25) is 0 Å². The number of rotatable bonds is 5. The Morgan fingerprint density at radius 1 is 1.24 bits per heavy atom. The van der Waals surface area contributed by atoms with Crippen LogP contribution in [0.15, 0.2) is 10.5 Å². The van der Waals surface area contributed by atoms with Crippen LogP contribution in [-0.2, 0) is 6.54 Å². The van der Waals surface area contributed by atoms with E-state index in [2.05, 4.69) is 53.2 Å². The molecule has 0 atom stereocenters. The Morgan fingerprint density at radius 3 is 2.52 bits per heavy atom. The molecule has 5 heteroatoms. The summed E-state index contributed by atoms with van der Waals surface area (Å²) in [5.74, 6) is 0.933. The van der Waals surface area contributed by atoms with Crippen LogP contribution < -0.4 is 5.32 Å². The lowest BCUT2D eigenvalue weighted by Gasteiger charge is -2.15. The van der Waals surface area contributed by atoms with Gasteiger partial charge in [-0.15, -0.1) is 0 Å². The molecule has 0 spiro atoms. The monoisotopic (exact) mass is 350 g/mol. The summed E-state index contributed by atoms with van der Waals surface area (Å²) >= 11 is 3.60. The predicted molar refractivity (Wildman–Crippen MR) is 90.0 cm³/mol. The topological polar surface area (TPSA) is 42.7 Å². The first kappa shape index (κ1) is 16.2. The highest BCUT2D eigenvalue weighted by atomic mass is 79.9. The Labute approximate surface area is 135 Å². The third-order valence-electron chi connectivity index (χ3n) is 3.59. The third kappa shape index (κ3) is 3.35. The van der Waals surface area contributed by atoms with E-state index in [0.29, 0.717) is 0 Å². The van der Waals surface area contributed by atoms with E-state index in [0.717, 1.165) is 46.9 Å². The minimum atomic E-state index is 0.818. The maximum Gasteiger partial charge on any atom is 0.158 e. The first-order chi connectivity index (χ1) is 9.95. The number of hydrogen-bond acceptors (Lipinski definition) is 3. The van der Waals surface area contributed by atoms with E-state index in [9.17, 15) is 0 Å². The second kappa shape index (κ2) is 6.71. The molecule has 0 aliphatic rings. The fraction of sp³-hybridized carbons (Fsp3) is 0.500. The van der Waals surface area contributed by atoms with Gasteiger partial charge in [-0.25, -0.2) is 9.67 Å². The SMILES string of the molecule is CCCNCc1c(C)cc(C)nc1-n1nc(C)c(Br)c1C. The van der Waals surface area contributed by atoms with E-state index < -0.39 is 0 Å². The van der Waals surface area contributed by atoms with Crippen LogP contribution in [0, 0.1) is 27.7 Å². The van der Waals surface area contributed by atoms with Crippen molar-refractivity contribution in [3.63, 3.8) is 0 Å². The zero-order valence-electron chi connectivity index (χ0n) is 13.4. The van der Waals surface area contributed by atoms with Gasteiger partial charge in [-0.3, -0.25) is 0 Å². The van der Waals surface area contributed by atoms with Crippen LogP contribution in [-0.4, -0.2) is 21.3 Å². The van der Waals surface area contributed by atoms with Gasteiger partial charge in [0.25, 0.3) is 0 Å².